The van der Waals surface area contributed by atoms with E-state index in [1.54, 1.807) is 0 Å². The van der Waals surface area contributed by atoms with Crippen molar-refractivity contribution in [1.29, 1.82) is 5.26 Å². The van der Waals surface area contributed by atoms with Gasteiger partial charge < -0.3 is 40.3 Å². The first-order valence-corrected chi connectivity index (χ1v) is 17.4. The summed E-state index contributed by atoms with van der Waals surface area (Å²) in [7, 11) is 1.30. The molecule has 286 valence electrons. The predicted octanol–water partition coefficient (Wildman–Crippen LogP) is 4.01. The zero-order valence-corrected chi connectivity index (χ0v) is 30.9. The average molecular weight is 780 g/mol. The van der Waals surface area contributed by atoms with E-state index in [2.05, 4.69) is 11.4 Å². The summed E-state index contributed by atoms with van der Waals surface area (Å²) in [6.45, 7) is 4.10. The van der Waals surface area contributed by atoms with Crippen molar-refractivity contribution in [3.8, 4) is 11.8 Å². The molecule has 0 saturated carbocycles. The molecule has 0 aliphatic carbocycles. The molecule has 0 aromatic heterocycles. The minimum Gasteiger partial charge on any atom is -0.496 e. The maximum absolute atomic E-state index is 16.0. The van der Waals surface area contributed by atoms with Crippen LogP contribution in [0.2, 0.25) is 10.0 Å². The van der Waals surface area contributed by atoms with Crippen LogP contribution >= 0.6 is 23.2 Å². The lowest BCUT2D eigenvalue weighted by Crippen LogP contribution is -2.47. The molecule has 6 N–H and O–H groups in total. The van der Waals surface area contributed by atoms with E-state index in [1.165, 1.54) is 55.6 Å². The molecule has 3 aromatic carbocycles. The summed E-state index contributed by atoms with van der Waals surface area (Å²) < 4.78 is 42.5. The molecule has 4 rings (SSSR count). The van der Waals surface area contributed by atoms with Crippen molar-refractivity contribution in [2.24, 2.45) is 5.41 Å². The summed E-state index contributed by atoms with van der Waals surface area (Å²) in [5, 5.41) is 62.6. The molecule has 15 heteroatoms. The van der Waals surface area contributed by atoms with Crippen molar-refractivity contribution in [3.05, 3.63) is 98.5 Å². The number of halogens is 4. The van der Waals surface area contributed by atoms with Crippen LogP contribution in [-0.4, -0.2) is 94.1 Å². The molecule has 3 aromatic rings. The van der Waals surface area contributed by atoms with Gasteiger partial charge in [0.05, 0.1) is 36.4 Å². The molecular weight excluding hydrogens is 737 g/mol. The Balaban J connectivity index is 1.71. The third-order valence-corrected chi connectivity index (χ3v) is 9.92. The molecule has 0 spiro atoms. The Morgan fingerprint density at radius 1 is 1.02 bits per heavy atom. The Bertz CT molecular complexity index is 1850. The fraction of sp³-hybridized carbons (Fsp3) is 0.447. The highest BCUT2D eigenvalue weighted by Gasteiger charge is 2.61. The summed E-state index contributed by atoms with van der Waals surface area (Å²) >= 11 is 12.3. The number of nitrogens with zero attached hydrogens (tertiary/aromatic N) is 1. The molecule has 0 unspecified atom stereocenters. The first-order chi connectivity index (χ1) is 24.9. The number of carbonyl (C=O) groups is 2. The van der Waals surface area contributed by atoms with E-state index in [-0.39, 0.29) is 45.3 Å². The Hall–Kier alpha value is -3.71. The van der Waals surface area contributed by atoms with Gasteiger partial charge >= 0.3 is 5.97 Å². The highest BCUT2D eigenvalue weighted by Crippen LogP contribution is 2.53. The highest BCUT2D eigenvalue weighted by molar-refractivity contribution is 6.31. The van der Waals surface area contributed by atoms with E-state index in [0.717, 1.165) is 6.07 Å². The molecule has 1 aliphatic rings. The molecule has 1 heterocycles. The van der Waals surface area contributed by atoms with Gasteiger partial charge in [0.25, 0.3) is 0 Å². The van der Waals surface area contributed by atoms with Crippen molar-refractivity contribution in [2.45, 2.75) is 81.4 Å². The number of carbonyl (C=O) groups excluding carboxylic acids is 2. The average Bonchev–Trinajstić information content (AvgIpc) is 3.43. The van der Waals surface area contributed by atoms with Gasteiger partial charge in [-0.3, -0.25) is 4.79 Å². The summed E-state index contributed by atoms with van der Waals surface area (Å²) in [6, 6.07) is 12.3. The van der Waals surface area contributed by atoms with Crippen LogP contribution in [0.4, 0.5) is 8.78 Å². The van der Waals surface area contributed by atoms with Gasteiger partial charge in [0.15, 0.2) is 5.78 Å². The van der Waals surface area contributed by atoms with Crippen molar-refractivity contribution in [2.75, 3.05) is 20.3 Å². The van der Waals surface area contributed by atoms with Crippen molar-refractivity contribution in [3.63, 3.8) is 0 Å². The van der Waals surface area contributed by atoms with E-state index in [4.69, 9.17) is 37.8 Å². The molecule has 0 amide bonds. The van der Waals surface area contributed by atoms with Gasteiger partial charge in [0.1, 0.15) is 53.8 Å². The molecule has 1 saturated heterocycles. The molecule has 0 radical (unpaired) electrons. The van der Waals surface area contributed by atoms with Crippen molar-refractivity contribution in [1.82, 2.24) is 5.32 Å². The van der Waals surface area contributed by atoms with Gasteiger partial charge in [-0.2, -0.15) is 5.26 Å². The number of nitriles is 1. The minimum absolute atomic E-state index is 0.0635. The number of aliphatic hydroxyl groups excluding tert-OH is 5. The van der Waals surface area contributed by atoms with Crippen molar-refractivity contribution >= 4 is 35.0 Å². The maximum atomic E-state index is 16.0. The molecular formula is C38H42Cl2F2N2O9. The number of hydrogen-bond donors (Lipinski definition) is 6. The van der Waals surface area contributed by atoms with Crippen LogP contribution < -0.4 is 10.1 Å². The highest BCUT2D eigenvalue weighted by atomic mass is 35.5. The van der Waals surface area contributed by atoms with Crippen LogP contribution in [-0.2, 0) is 21.4 Å². The van der Waals surface area contributed by atoms with Gasteiger partial charge in [-0.25, -0.2) is 13.6 Å². The Morgan fingerprint density at radius 3 is 2.30 bits per heavy atom. The molecule has 1 aliphatic heterocycles. The van der Waals surface area contributed by atoms with Gasteiger partial charge in [0, 0.05) is 34.5 Å². The Morgan fingerprint density at radius 2 is 1.70 bits per heavy atom. The van der Waals surface area contributed by atoms with E-state index >= 15 is 8.78 Å². The second-order valence-electron chi connectivity index (χ2n) is 14.3. The molecule has 1 fully saturated rings. The zero-order chi connectivity index (χ0) is 39.4. The van der Waals surface area contributed by atoms with Crippen LogP contribution in [0, 0.1) is 28.4 Å². The summed E-state index contributed by atoms with van der Waals surface area (Å²) in [5.74, 6) is -4.33. The lowest BCUT2D eigenvalue weighted by molar-refractivity contribution is -0.124. The normalized spacial score (nSPS) is 22.4. The SMILES string of the molecule is COc1cc(C(=O)OC[C@H](O)[C@@H](O)[C@H](O)[C@H](O)CO)ccc1CC(=O)[C@@H]1N[C@@H](CC(C)(C)C)[C@](C#N)(c2ccc(Cl)cc2F)[C@H]1c1cccc(Cl)c1F. The van der Waals surface area contributed by atoms with Crippen LogP contribution in [0.1, 0.15) is 60.2 Å². The van der Waals surface area contributed by atoms with Gasteiger partial charge in [-0.1, -0.05) is 68.2 Å². The van der Waals surface area contributed by atoms with E-state index in [9.17, 15) is 35.3 Å². The third-order valence-electron chi connectivity index (χ3n) is 9.39. The summed E-state index contributed by atoms with van der Waals surface area (Å²) in [6.07, 6.45) is -7.47. The number of benzene rings is 3. The number of aliphatic hydroxyl groups is 5. The molecule has 8 atom stereocenters. The largest absolute Gasteiger partial charge is 0.496 e. The quantitative estimate of drug-likeness (QED) is 0.130. The summed E-state index contributed by atoms with van der Waals surface area (Å²) in [4.78, 5) is 27.3. The number of hydrogen-bond acceptors (Lipinski definition) is 11. The molecule has 53 heavy (non-hydrogen) atoms. The standard InChI is InChI=1S/C38H42Cl2F2N2O9/c1-37(2,3)15-30-38(18-43,23-11-10-21(39)14-25(23)41)31(22-6-5-7-24(40)32(22)42)33(44-30)26(46)12-19-8-9-20(13-29(19)52-4)36(51)53-17-28(48)35(50)34(49)27(47)16-45/h5-11,13-14,27-28,30-31,33-35,44-45,47-50H,12,15-17H2,1-4H3/t27-,28+,30+,31+,33+,34-,35-,38+/m1/s1. The monoisotopic (exact) mass is 778 g/mol. The predicted molar refractivity (Wildman–Crippen MR) is 191 cm³/mol. The van der Waals surface area contributed by atoms with E-state index in [0.29, 0.717) is 5.56 Å². The number of esters is 1. The second-order valence-corrected chi connectivity index (χ2v) is 15.1. The van der Waals surface area contributed by atoms with Crippen LogP contribution in [0.5, 0.6) is 5.75 Å². The first kappa shape index (κ1) is 42.0. The van der Waals surface area contributed by atoms with Gasteiger partial charge in [-0.05, 0) is 47.7 Å². The number of ether oxygens (including phenoxy) is 2. The maximum Gasteiger partial charge on any atom is 0.338 e. The lowest BCUT2D eigenvalue weighted by atomic mass is 9.62. The minimum atomic E-state index is -1.94. The van der Waals surface area contributed by atoms with E-state index < -0.39 is 89.8 Å². The van der Waals surface area contributed by atoms with Crippen LogP contribution in [0.25, 0.3) is 0 Å². The third kappa shape index (κ3) is 8.99. The Labute approximate surface area is 315 Å². The second kappa shape index (κ2) is 17.2. The first-order valence-electron chi connectivity index (χ1n) is 16.7. The van der Waals surface area contributed by atoms with Crippen LogP contribution in [0.3, 0.4) is 0 Å². The van der Waals surface area contributed by atoms with Crippen LogP contribution in [0.15, 0.2) is 54.6 Å². The molecule has 11 nitrogen and oxygen atoms in total. The van der Waals surface area contributed by atoms with Gasteiger partial charge in [0.2, 0.25) is 0 Å². The van der Waals surface area contributed by atoms with Crippen molar-refractivity contribution < 1.29 is 53.4 Å². The fourth-order valence-corrected chi connectivity index (χ4v) is 7.17. The topological polar surface area (TPSA) is 190 Å². The summed E-state index contributed by atoms with van der Waals surface area (Å²) in [5.41, 5.74) is -2.16. The number of ketones is 1. The number of rotatable bonds is 14. The fourth-order valence-electron chi connectivity index (χ4n) is 6.83. The van der Waals surface area contributed by atoms with Gasteiger partial charge in [-0.15, -0.1) is 0 Å². The van der Waals surface area contributed by atoms with E-state index in [1.807, 2.05) is 20.8 Å². The smallest absolute Gasteiger partial charge is 0.338 e. The zero-order valence-electron chi connectivity index (χ0n) is 29.4. The number of Topliss-reactive ketones (excluding diaryl/α,β-unsaturated/α-hetero) is 1. The Kier molecular flexibility index (Phi) is 13.6. The number of methoxy groups -OCH3 is 1. The number of nitrogens with one attached hydrogen (secondary N) is 1. The molecule has 0 bridgehead atoms. The lowest BCUT2D eigenvalue weighted by Gasteiger charge is -2.37.